The molecule has 0 aliphatic rings. The standard InChI is InChI=1S/C8H17ClFN/c1-8(2,4-5-9)11-7-3-6-10/h11H,3-7H2,1-2H3. The molecule has 0 atom stereocenters. The lowest BCUT2D eigenvalue weighted by Gasteiger charge is -2.25. The summed E-state index contributed by atoms with van der Waals surface area (Å²) in [7, 11) is 0. The lowest BCUT2D eigenvalue weighted by atomic mass is 10.0. The van der Waals surface area contributed by atoms with Crippen LogP contribution >= 0.6 is 11.6 Å². The minimum atomic E-state index is -0.246. The molecule has 0 aromatic rings. The van der Waals surface area contributed by atoms with Gasteiger partial charge in [-0.25, -0.2) is 0 Å². The van der Waals surface area contributed by atoms with E-state index in [0.29, 0.717) is 12.3 Å². The van der Waals surface area contributed by atoms with Crippen molar-refractivity contribution in [2.24, 2.45) is 0 Å². The second-order valence-corrected chi connectivity index (χ2v) is 3.67. The minimum absolute atomic E-state index is 0.0525. The summed E-state index contributed by atoms with van der Waals surface area (Å²) in [5, 5.41) is 3.24. The van der Waals surface area contributed by atoms with Crippen LogP contribution < -0.4 is 5.32 Å². The SMILES string of the molecule is CC(C)(CCCl)NCCCF. The summed E-state index contributed by atoms with van der Waals surface area (Å²) in [6.07, 6.45) is 1.51. The molecule has 1 N–H and O–H groups in total. The van der Waals surface area contributed by atoms with E-state index in [4.69, 9.17) is 11.6 Å². The quantitative estimate of drug-likeness (QED) is 0.490. The Morgan fingerprint density at radius 1 is 1.45 bits per heavy atom. The smallest absolute Gasteiger partial charge is 0.0906 e. The minimum Gasteiger partial charge on any atom is -0.312 e. The zero-order valence-corrected chi connectivity index (χ0v) is 8.05. The monoisotopic (exact) mass is 181 g/mol. The molecule has 0 radical (unpaired) electrons. The molecule has 0 amide bonds. The Labute approximate surface area is 73.3 Å². The van der Waals surface area contributed by atoms with Crippen molar-refractivity contribution in [3.8, 4) is 0 Å². The van der Waals surface area contributed by atoms with Gasteiger partial charge in [0, 0.05) is 11.4 Å². The van der Waals surface area contributed by atoms with E-state index in [1.54, 1.807) is 0 Å². The van der Waals surface area contributed by atoms with Crippen LogP contribution in [0.25, 0.3) is 0 Å². The van der Waals surface area contributed by atoms with E-state index in [1.807, 2.05) is 0 Å². The Balaban J connectivity index is 3.38. The van der Waals surface area contributed by atoms with Gasteiger partial charge in [-0.2, -0.15) is 0 Å². The van der Waals surface area contributed by atoms with E-state index in [-0.39, 0.29) is 12.2 Å². The number of nitrogens with one attached hydrogen (secondary N) is 1. The Kier molecular flexibility index (Phi) is 5.88. The summed E-state index contributed by atoms with van der Waals surface area (Å²) in [5.41, 5.74) is 0.0525. The van der Waals surface area contributed by atoms with Crippen LogP contribution in [0.15, 0.2) is 0 Å². The summed E-state index contributed by atoms with van der Waals surface area (Å²) in [5.74, 6) is 0.648. The lowest BCUT2D eigenvalue weighted by Crippen LogP contribution is -2.40. The highest BCUT2D eigenvalue weighted by Gasteiger charge is 2.14. The van der Waals surface area contributed by atoms with E-state index in [1.165, 1.54) is 0 Å². The second kappa shape index (κ2) is 5.78. The highest BCUT2D eigenvalue weighted by molar-refractivity contribution is 6.17. The fraction of sp³-hybridized carbons (Fsp3) is 1.00. The molecule has 0 aliphatic carbocycles. The second-order valence-electron chi connectivity index (χ2n) is 3.29. The Morgan fingerprint density at radius 2 is 2.09 bits per heavy atom. The lowest BCUT2D eigenvalue weighted by molar-refractivity contribution is 0.359. The first-order valence-electron chi connectivity index (χ1n) is 3.99. The van der Waals surface area contributed by atoms with Crippen LogP contribution in [-0.2, 0) is 0 Å². The maximum Gasteiger partial charge on any atom is 0.0906 e. The van der Waals surface area contributed by atoms with Crippen molar-refractivity contribution < 1.29 is 4.39 Å². The topological polar surface area (TPSA) is 12.0 Å². The van der Waals surface area contributed by atoms with Gasteiger partial charge in [0.1, 0.15) is 0 Å². The first-order chi connectivity index (χ1) is 5.12. The fourth-order valence-corrected chi connectivity index (χ4v) is 1.29. The number of hydrogen-bond donors (Lipinski definition) is 1. The van der Waals surface area contributed by atoms with Gasteiger partial charge in [-0.3, -0.25) is 4.39 Å². The maximum absolute atomic E-state index is 11.7. The van der Waals surface area contributed by atoms with Crippen molar-refractivity contribution >= 4 is 11.6 Å². The molecule has 1 nitrogen and oxygen atoms in total. The fourth-order valence-electron chi connectivity index (χ4n) is 0.818. The van der Waals surface area contributed by atoms with Crippen molar-refractivity contribution in [2.45, 2.75) is 32.2 Å². The number of alkyl halides is 2. The molecule has 68 valence electrons. The zero-order valence-electron chi connectivity index (χ0n) is 7.29. The molecule has 0 bridgehead atoms. The Hall–Kier alpha value is 0.180. The van der Waals surface area contributed by atoms with Crippen molar-refractivity contribution in [3.63, 3.8) is 0 Å². The van der Waals surface area contributed by atoms with Gasteiger partial charge in [-0.15, -0.1) is 11.6 Å². The summed E-state index contributed by atoms with van der Waals surface area (Å²) in [6, 6.07) is 0. The van der Waals surface area contributed by atoms with Crippen LogP contribution in [0.5, 0.6) is 0 Å². The molecule has 0 spiro atoms. The van der Waals surface area contributed by atoms with E-state index in [2.05, 4.69) is 19.2 Å². The highest BCUT2D eigenvalue weighted by Crippen LogP contribution is 2.08. The summed E-state index contributed by atoms with van der Waals surface area (Å²) >= 11 is 5.58. The van der Waals surface area contributed by atoms with Crippen LogP contribution in [0.3, 0.4) is 0 Å². The zero-order chi connectivity index (χ0) is 8.74. The molecule has 0 aliphatic heterocycles. The molecule has 0 aromatic heterocycles. The van der Waals surface area contributed by atoms with Crippen LogP contribution in [0, 0.1) is 0 Å². The highest BCUT2D eigenvalue weighted by atomic mass is 35.5. The molecule has 3 heteroatoms. The van der Waals surface area contributed by atoms with Gasteiger partial charge in [-0.1, -0.05) is 0 Å². The molecule has 0 aromatic carbocycles. The average Bonchev–Trinajstić information content (AvgIpc) is 1.87. The van der Waals surface area contributed by atoms with Crippen LogP contribution in [0.2, 0.25) is 0 Å². The molecular formula is C8H17ClFN. The number of hydrogen-bond acceptors (Lipinski definition) is 1. The maximum atomic E-state index is 11.7. The predicted molar refractivity (Wildman–Crippen MR) is 48.0 cm³/mol. The molecule has 11 heavy (non-hydrogen) atoms. The van der Waals surface area contributed by atoms with Gasteiger partial charge in [0.05, 0.1) is 6.67 Å². The summed E-state index contributed by atoms with van der Waals surface area (Å²) in [4.78, 5) is 0. The van der Waals surface area contributed by atoms with E-state index in [9.17, 15) is 4.39 Å². The average molecular weight is 182 g/mol. The molecule has 0 heterocycles. The predicted octanol–water partition coefficient (Wildman–Crippen LogP) is 2.34. The summed E-state index contributed by atoms with van der Waals surface area (Å²) < 4.78 is 11.7. The van der Waals surface area contributed by atoms with Gasteiger partial charge >= 0.3 is 0 Å². The van der Waals surface area contributed by atoms with E-state index >= 15 is 0 Å². The largest absolute Gasteiger partial charge is 0.312 e. The molecule has 0 rings (SSSR count). The first kappa shape index (κ1) is 11.2. The van der Waals surface area contributed by atoms with Gasteiger partial charge < -0.3 is 5.32 Å². The Bertz CT molecular complexity index is 96.1. The molecule has 0 saturated carbocycles. The van der Waals surface area contributed by atoms with Gasteiger partial charge in [0.2, 0.25) is 0 Å². The van der Waals surface area contributed by atoms with E-state index in [0.717, 1.165) is 13.0 Å². The molecular weight excluding hydrogens is 165 g/mol. The first-order valence-corrected chi connectivity index (χ1v) is 4.53. The van der Waals surface area contributed by atoms with Crippen molar-refractivity contribution in [3.05, 3.63) is 0 Å². The molecule has 0 unspecified atom stereocenters. The van der Waals surface area contributed by atoms with E-state index < -0.39 is 0 Å². The normalized spacial score (nSPS) is 12.0. The van der Waals surface area contributed by atoms with Crippen LogP contribution in [0.1, 0.15) is 26.7 Å². The third kappa shape index (κ3) is 6.57. The van der Waals surface area contributed by atoms with Crippen molar-refractivity contribution in [1.82, 2.24) is 5.32 Å². The molecule has 0 fully saturated rings. The Morgan fingerprint density at radius 3 is 2.55 bits per heavy atom. The third-order valence-corrected chi connectivity index (χ3v) is 1.82. The van der Waals surface area contributed by atoms with Crippen molar-refractivity contribution in [2.75, 3.05) is 19.1 Å². The molecule has 0 saturated heterocycles. The number of halogens is 2. The van der Waals surface area contributed by atoms with Gasteiger partial charge in [0.15, 0.2) is 0 Å². The number of rotatable bonds is 6. The van der Waals surface area contributed by atoms with Crippen LogP contribution in [0.4, 0.5) is 4.39 Å². The van der Waals surface area contributed by atoms with Gasteiger partial charge in [-0.05, 0) is 33.2 Å². The van der Waals surface area contributed by atoms with Crippen LogP contribution in [-0.4, -0.2) is 24.6 Å². The third-order valence-electron chi connectivity index (χ3n) is 1.63. The van der Waals surface area contributed by atoms with Crippen molar-refractivity contribution in [1.29, 1.82) is 0 Å². The van der Waals surface area contributed by atoms with Gasteiger partial charge in [0.25, 0.3) is 0 Å². The summed E-state index contributed by atoms with van der Waals surface area (Å²) in [6.45, 7) is 4.64.